The van der Waals surface area contributed by atoms with Gasteiger partial charge in [-0.3, -0.25) is 33.8 Å². The van der Waals surface area contributed by atoms with E-state index in [4.69, 9.17) is 42.6 Å². The Bertz CT molecular complexity index is 2910. The normalized spacial score (nSPS) is 25.2. The number of imide groups is 2. The van der Waals surface area contributed by atoms with E-state index >= 15 is 0 Å². The number of benzene rings is 6. The van der Waals surface area contributed by atoms with E-state index in [0.29, 0.717) is 16.9 Å². The molecule has 0 spiro atoms. The van der Waals surface area contributed by atoms with Gasteiger partial charge in [-0.15, -0.1) is 0 Å². The summed E-state index contributed by atoms with van der Waals surface area (Å²) in [6, 6.07) is 43.9. The summed E-state index contributed by atoms with van der Waals surface area (Å²) in [5.41, 5.74) is 2.70. The molecule has 386 valence electrons. The first-order valence-electron chi connectivity index (χ1n) is 24.5. The molecule has 4 aliphatic heterocycles. The lowest BCUT2D eigenvalue weighted by Gasteiger charge is -2.52. The van der Waals surface area contributed by atoms with E-state index < -0.39 is 97.5 Å². The lowest BCUT2D eigenvalue weighted by atomic mass is 9.92. The minimum atomic E-state index is -1.71. The third-order valence-electron chi connectivity index (χ3n) is 13.5. The number of carbonyl (C=O) groups excluding carboxylic acids is 5. The lowest BCUT2D eigenvalue weighted by molar-refractivity contribution is -0.342. The van der Waals surface area contributed by atoms with Gasteiger partial charge in [0.05, 0.1) is 62.4 Å². The van der Waals surface area contributed by atoms with Crippen molar-refractivity contribution in [2.45, 2.75) is 88.0 Å². The van der Waals surface area contributed by atoms with Gasteiger partial charge in [0.1, 0.15) is 54.1 Å². The number of aliphatic hydroxyl groups is 1. The highest BCUT2D eigenvalue weighted by atomic mass is 16.7. The molecule has 17 nitrogen and oxygen atoms in total. The van der Waals surface area contributed by atoms with Gasteiger partial charge in [0, 0.05) is 6.92 Å². The molecule has 0 aromatic heterocycles. The zero-order chi connectivity index (χ0) is 52.0. The average molecular weight is 1020 g/mol. The number of hydrogen-bond acceptors (Lipinski definition) is 15. The molecule has 6 aromatic carbocycles. The highest BCUT2D eigenvalue weighted by Gasteiger charge is 2.61. The molecular weight excluding hydrogens is 965 g/mol. The molecular formula is C58H54N2O15. The molecule has 4 aliphatic rings. The van der Waals surface area contributed by atoms with Gasteiger partial charge in [0.15, 0.2) is 12.4 Å². The third-order valence-corrected chi connectivity index (χ3v) is 13.5. The highest BCUT2D eigenvalue weighted by molar-refractivity contribution is 6.22. The molecule has 10 unspecified atom stereocenters. The van der Waals surface area contributed by atoms with Gasteiger partial charge < -0.3 is 47.7 Å². The van der Waals surface area contributed by atoms with Gasteiger partial charge in [-0.25, -0.2) is 0 Å². The Hall–Kier alpha value is -7.61. The number of amides is 4. The highest BCUT2D eigenvalue weighted by Crippen LogP contribution is 2.41. The SMILES string of the molecule is COc1ccc(OC2OC(CO)C(OC3OC(COCc4ccccc4)C(OC(C)=O)C(OCc4ccccc4)C3N3C(=O)c4ccccc4C3=O)C(OCc3ccccc3)C2N2C(=O)c3ccccc3C2=O)cc1. The summed E-state index contributed by atoms with van der Waals surface area (Å²) in [6.07, 6.45) is -11.4. The number of fused-ring (bicyclic) bond motifs is 2. The molecule has 2 saturated heterocycles. The van der Waals surface area contributed by atoms with Crippen molar-refractivity contribution >= 4 is 29.6 Å². The second-order valence-electron chi connectivity index (χ2n) is 18.3. The van der Waals surface area contributed by atoms with Crippen molar-refractivity contribution in [2.75, 3.05) is 20.3 Å². The number of carbonyl (C=O) groups is 5. The Morgan fingerprint density at radius 2 is 0.920 bits per heavy atom. The predicted octanol–water partition coefficient (Wildman–Crippen LogP) is 6.55. The van der Waals surface area contributed by atoms with Crippen LogP contribution in [0.25, 0.3) is 0 Å². The van der Waals surface area contributed by atoms with Crippen LogP contribution in [0.2, 0.25) is 0 Å². The summed E-state index contributed by atoms with van der Waals surface area (Å²) in [5, 5.41) is 11.5. The van der Waals surface area contributed by atoms with Crippen molar-refractivity contribution in [1.29, 1.82) is 0 Å². The molecule has 17 heteroatoms. The van der Waals surface area contributed by atoms with E-state index in [1.165, 1.54) is 26.2 Å². The van der Waals surface area contributed by atoms with Crippen molar-refractivity contribution in [1.82, 2.24) is 9.80 Å². The molecule has 0 bridgehead atoms. The number of esters is 1. The maximum absolute atomic E-state index is 14.8. The fourth-order valence-corrected chi connectivity index (χ4v) is 10.00. The summed E-state index contributed by atoms with van der Waals surface area (Å²) in [4.78, 5) is 74.3. The molecule has 10 rings (SSSR count). The minimum Gasteiger partial charge on any atom is -0.497 e. The first-order chi connectivity index (χ1) is 36.6. The van der Waals surface area contributed by atoms with Gasteiger partial charge in [-0.05, 0) is 65.2 Å². The Kier molecular flexibility index (Phi) is 15.5. The minimum absolute atomic E-state index is 0.0892. The summed E-state index contributed by atoms with van der Waals surface area (Å²) in [6.45, 7) is 0.172. The van der Waals surface area contributed by atoms with E-state index in [-0.39, 0.29) is 54.4 Å². The Morgan fingerprint density at radius 1 is 0.507 bits per heavy atom. The van der Waals surface area contributed by atoms with Crippen molar-refractivity contribution in [3.63, 3.8) is 0 Å². The number of rotatable bonds is 19. The van der Waals surface area contributed by atoms with Crippen LogP contribution in [0.5, 0.6) is 11.5 Å². The average Bonchev–Trinajstić information content (AvgIpc) is 3.87. The maximum Gasteiger partial charge on any atom is 0.303 e. The standard InChI is InChI=1S/C58H54N2O15/c1-35(62)71-50-46(34-68-31-36-16-6-3-7-17-36)74-58(48(52(50)70-33-38-20-10-5-11-21-38)60-55(65)43-24-14-15-25-44(43)56(60)66)75-49-45(30-61)73-57(72-40-28-26-39(67-2)27-29-40)47(51(49)69-32-37-18-8-4-9-19-37)59-53(63)41-22-12-13-23-42(41)54(59)64/h3-29,45-52,57-58,61H,30-34H2,1-2H3. The van der Waals surface area contributed by atoms with E-state index in [1.807, 2.05) is 91.0 Å². The molecule has 0 radical (unpaired) electrons. The molecule has 2 fully saturated rings. The van der Waals surface area contributed by atoms with Crippen LogP contribution in [-0.2, 0) is 57.8 Å². The molecule has 75 heavy (non-hydrogen) atoms. The first kappa shape index (κ1) is 50.9. The zero-order valence-electron chi connectivity index (χ0n) is 41.0. The summed E-state index contributed by atoms with van der Waals surface area (Å²) < 4.78 is 58.7. The third kappa shape index (κ3) is 10.7. The Balaban J connectivity index is 1.11. The summed E-state index contributed by atoms with van der Waals surface area (Å²) in [7, 11) is 1.52. The summed E-state index contributed by atoms with van der Waals surface area (Å²) >= 11 is 0. The van der Waals surface area contributed by atoms with Crippen molar-refractivity contribution in [3.05, 3.63) is 203 Å². The number of aliphatic hydroxyl groups excluding tert-OH is 1. The van der Waals surface area contributed by atoms with Gasteiger partial charge >= 0.3 is 5.97 Å². The predicted molar refractivity (Wildman–Crippen MR) is 266 cm³/mol. The van der Waals surface area contributed by atoms with Crippen molar-refractivity contribution < 1.29 is 71.7 Å². The molecule has 4 amide bonds. The molecule has 0 aliphatic carbocycles. The van der Waals surface area contributed by atoms with Crippen LogP contribution in [0.4, 0.5) is 0 Å². The van der Waals surface area contributed by atoms with Crippen LogP contribution in [0.1, 0.15) is 65.0 Å². The quantitative estimate of drug-likeness (QED) is 0.0677. The first-order valence-corrected chi connectivity index (χ1v) is 24.5. The van der Waals surface area contributed by atoms with E-state index in [2.05, 4.69) is 0 Å². The molecule has 4 heterocycles. The fourth-order valence-electron chi connectivity index (χ4n) is 10.00. The smallest absolute Gasteiger partial charge is 0.303 e. The van der Waals surface area contributed by atoms with Gasteiger partial charge in [0.2, 0.25) is 6.29 Å². The van der Waals surface area contributed by atoms with Crippen LogP contribution in [0.15, 0.2) is 164 Å². The van der Waals surface area contributed by atoms with Crippen molar-refractivity contribution in [2.24, 2.45) is 0 Å². The molecule has 1 N–H and O–H groups in total. The van der Waals surface area contributed by atoms with Crippen LogP contribution in [0, 0.1) is 0 Å². The topological polar surface area (TPSA) is 195 Å². The second-order valence-corrected chi connectivity index (χ2v) is 18.3. The number of nitrogens with zero attached hydrogens (tertiary/aromatic N) is 2. The molecule has 10 atom stereocenters. The Morgan fingerprint density at radius 3 is 1.37 bits per heavy atom. The maximum atomic E-state index is 14.8. The van der Waals surface area contributed by atoms with E-state index in [1.54, 1.807) is 60.7 Å². The van der Waals surface area contributed by atoms with Crippen LogP contribution >= 0.6 is 0 Å². The van der Waals surface area contributed by atoms with E-state index in [9.17, 15) is 29.1 Å². The van der Waals surface area contributed by atoms with Crippen LogP contribution < -0.4 is 9.47 Å². The molecule has 6 aromatic rings. The monoisotopic (exact) mass is 1020 g/mol. The number of methoxy groups -OCH3 is 1. The van der Waals surface area contributed by atoms with Crippen LogP contribution in [-0.4, -0.2) is 126 Å². The lowest BCUT2D eigenvalue weighted by Crippen LogP contribution is -2.71. The fraction of sp³-hybridized carbons (Fsp3) is 0.293. The van der Waals surface area contributed by atoms with Crippen molar-refractivity contribution in [3.8, 4) is 11.5 Å². The zero-order valence-corrected chi connectivity index (χ0v) is 41.0. The number of ether oxygens (including phenoxy) is 9. The van der Waals surface area contributed by atoms with Gasteiger partial charge in [-0.2, -0.15) is 0 Å². The van der Waals surface area contributed by atoms with E-state index in [0.717, 1.165) is 15.4 Å². The van der Waals surface area contributed by atoms with Crippen LogP contribution in [0.3, 0.4) is 0 Å². The van der Waals surface area contributed by atoms with Gasteiger partial charge in [0.25, 0.3) is 23.6 Å². The Labute approximate surface area is 432 Å². The van der Waals surface area contributed by atoms with Gasteiger partial charge in [-0.1, -0.05) is 115 Å². The second kappa shape index (κ2) is 22.9. The largest absolute Gasteiger partial charge is 0.497 e. The molecule has 0 saturated carbocycles. The number of hydrogen-bond donors (Lipinski definition) is 1. The summed E-state index contributed by atoms with van der Waals surface area (Å²) in [5.74, 6) is -2.69.